The van der Waals surface area contributed by atoms with Crippen LogP contribution in [-0.4, -0.2) is 45.8 Å². The molecule has 2 atom stereocenters. The second-order valence-electron chi connectivity index (χ2n) is 7.31. The standard InChI is InChI=1S/C20H26N4O.ClH/c1-13-7-4-5-9-17(13)24-18-10-6-8-16(18)19(22-24)20(25)23-12-11-21-14(2)15(23)3;/h4-5,7,9,14-15,21H,6,8,10-12H2,1-3H3;1H. The van der Waals surface area contributed by atoms with Gasteiger partial charge in [-0.1, -0.05) is 18.2 Å². The van der Waals surface area contributed by atoms with E-state index in [0.29, 0.717) is 11.7 Å². The van der Waals surface area contributed by atoms with Gasteiger partial charge >= 0.3 is 0 Å². The van der Waals surface area contributed by atoms with Crippen LogP contribution < -0.4 is 5.32 Å². The summed E-state index contributed by atoms with van der Waals surface area (Å²) in [5.41, 5.74) is 5.31. The predicted molar refractivity (Wildman–Crippen MR) is 106 cm³/mol. The van der Waals surface area contributed by atoms with Gasteiger partial charge in [0.15, 0.2) is 5.69 Å². The molecule has 6 heteroatoms. The van der Waals surface area contributed by atoms with E-state index in [1.165, 1.54) is 11.3 Å². The van der Waals surface area contributed by atoms with Gasteiger partial charge in [0.2, 0.25) is 0 Å². The lowest BCUT2D eigenvalue weighted by atomic mass is 10.1. The zero-order chi connectivity index (χ0) is 17.6. The predicted octanol–water partition coefficient (Wildman–Crippen LogP) is 2.91. The van der Waals surface area contributed by atoms with Crippen LogP contribution in [0.25, 0.3) is 5.69 Å². The molecule has 5 nitrogen and oxygen atoms in total. The van der Waals surface area contributed by atoms with E-state index in [4.69, 9.17) is 5.10 Å². The Morgan fingerprint density at radius 1 is 1.23 bits per heavy atom. The maximum absolute atomic E-state index is 13.3. The van der Waals surface area contributed by atoms with Gasteiger partial charge in [0.05, 0.1) is 5.69 Å². The van der Waals surface area contributed by atoms with Gasteiger partial charge in [-0.25, -0.2) is 4.68 Å². The minimum atomic E-state index is 0. The van der Waals surface area contributed by atoms with Crippen molar-refractivity contribution in [1.29, 1.82) is 0 Å². The van der Waals surface area contributed by atoms with E-state index >= 15 is 0 Å². The summed E-state index contributed by atoms with van der Waals surface area (Å²) in [4.78, 5) is 15.3. The van der Waals surface area contributed by atoms with Crippen molar-refractivity contribution in [2.24, 2.45) is 0 Å². The van der Waals surface area contributed by atoms with Gasteiger partial charge in [-0.2, -0.15) is 5.10 Å². The van der Waals surface area contributed by atoms with Crippen LogP contribution in [0.2, 0.25) is 0 Å². The summed E-state index contributed by atoms with van der Waals surface area (Å²) in [6.45, 7) is 7.95. The smallest absolute Gasteiger partial charge is 0.275 e. The number of hydrogen-bond donors (Lipinski definition) is 1. The molecule has 1 aromatic heterocycles. The summed E-state index contributed by atoms with van der Waals surface area (Å²) in [6, 6.07) is 8.75. The van der Waals surface area contributed by atoms with Gasteiger partial charge in [0, 0.05) is 36.4 Å². The average molecular weight is 375 g/mol. The van der Waals surface area contributed by atoms with Crippen LogP contribution in [0, 0.1) is 6.92 Å². The van der Waals surface area contributed by atoms with Gasteiger partial charge in [-0.05, 0) is 51.7 Å². The third kappa shape index (κ3) is 3.03. The van der Waals surface area contributed by atoms with Crippen LogP contribution >= 0.6 is 12.4 Å². The van der Waals surface area contributed by atoms with E-state index in [9.17, 15) is 4.79 Å². The maximum atomic E-state index is 13.3. The zero-order valence-corrected chi connectivity index (χ0v) is 16.5. The Hall–Kier alpha value is -1.85. The number of halogens is 1. The van der Waals surface area contributed by atoms with Crippen LogP contribution in [0.1, 0.15) is 47.6 Å². The van der Waals surface area contributed by atoms with E-state index in [0.717, 1.165) is 43.6 Å². The molecule has 1 N–H and O–H groups in total. The molecule has 1 aromatic carbocycles. The number of para-hydroxylation sites is 1. The van der Waals surface area contributed by atoms with Crippen molar-refractivity contribution in [3.05, 3.63) is 46.8 Å². The minimum Gasteiger partial charge on any atom is -0.332 e. The first-order valence-corrected chi connectivity index (χ1v) is 9.29. The summed E-state index contributed by atoms with van der Waals surface area (Å²) < 4.78 is 2.02. The van der Waals surface area contributed by atoms with Crippen LogP contribution in [0.5, 0.6) is 0 Å². The highest BCUT2D eigenvalue weighted by Gasteiger charge is 2.34. The number of rotatable bonds is 2. The molecular weight excluding hydrogens is 348 g/mol. The monoisotopic (exact) mass is 374 g/mol. The molecule has 4 rings (SSSR count). The first kappa shape index (κ1) is 18.9. The van der Waals surface area contributed by atoms with E-state index in [-0.39, 0.29) is 24.4 Å². The number of hydrogen-bond acceptors (Lipinski definition) is 3. The Kier molecular flexibility index (Phi) is 5.39. The number of benzene rings is 1. The van der Waals surface area contributed by atoms with E-state index in [2.05, 4.69) is 38.2 Å². The molecule has 2 heterocycles. The summed E-state index contributed by atoms with van der Waals surface area (Å²) in [5, 5.41) is 8.24. The van der Waals surface area contributed by atoms with Crippen LogP contribution in [0.4, 0.5) is 0 Å². The van der Waals surface area contributed by atoms with E-state index in [1.807, 2.05) is 21.7 Å². The summed E-state index contributed by atoms with van der Waals surface area (Å²) >= 11 is 0. The Balaban J connectivity index is 0.00000196. The molecule has 0 bridgehead atoms. The first-order chi connectivity index (χ1) is 12.1. The Morgan fingerprint density at radius 2 is 2.00 bits per heavy atom. The van der Waals surface area contributed by atoms with E-state index in [1.54, 1.807) is 0 Å². The van der Waals surface area contributed by atoms with Crippen molar-refractivity contribution < 1.29 is 4.79 Å². The molecule has 0 radical (unpaired) electrons. The van der Waals surface area contributed by atoms with Crippen molar-refractivity contribution in [2.45, 2.75) is 52.1 Å². The number of piperazine rings is 1. The molecule has 0 spiro atoms. The Bertz CT molecular complexity index is 816. The van der Waals surface area contributed by atoms with Crippen molar-refractivity contribution >= 4 is 18.3 Å². The fraction of sp³-hybridized carbons (Fsp3) is 0.500. The summed E-state index contributed by atoms with van der Waals surface area (Å²) in [7, 11) is 0. The molecule has 2 unspecified atom stereocenters. The number of carbonyl (C=O) groups excluding carboxylic acids is 1. The third-order valence-electron chi connectivity index (χ3n) is 5.77. The Labute approximate surface area is 161 Å². The molecule has 1 fully saturated rings. The molecule has 2 aliphatic rings. The third-order valence-corrected chi connectivity index (χ3v) is 5.77. The fourth-order valence-electron chi connectivity index (χ4n) is 4.09. The SMILES string of the molecule is Cc1ccccc1-n1nc(C(=O)N2CCNC(C)C2C)c2c1CCC2.Cl. The summed E-state index contributed by atoms with van der Waals surface area (Å²) in [5.74, 6) is 0.0892. The number of aryl methyl sites for hydroxylation is 1. The number of amides is 1. The van der Waals surface area contributed by atoms with Crippen molar-refractivity contribution in [3.63, 3.8) is 0 Å². The van der Waals surface area contributed by atoms with Gasteiger partial charge in [-0.3, -0.25) is 4.79 Å². The van der Waals surface area contributed by atoms with Crippen LogP contribution in [0.3, 0.4) is 0 Å². The highest BCUT2D eigenvalue weighted by Crippen LogP contribution is 2.30. The number of aromatic nitrogens is 2. The second-order valence-corrected chi connectivity index (χ2v) is 7.31. The van der Waals surface area contributed by atoms with Gasteiger partial charge < -0.3 is 10.2 Å². The molecule has 140 valence electrons. The average Bonchev–Trinajstić information content (AvgIpc) is 3.20. The zero-order valence-electron chi connectivity index (χ0n) is 15.7. The lowest BCUT2D eigenvalue weighted by Gasteiger charge is -2.38. The topological polar surface area (TPSA) is 50.2 Å². The normalized spacial score (nSPS) is 22.0. The van der Waals surface area contributed by atoms with Crippen LogP contribution in [-0.2, 0) is 12.8 Å². The minimum absolute atomic E-state index is 0. The molecule has 2 aromatic rings. The summed E-state index contributed by atoms with van der Waals surface area (Å²) in [6.07, 6.45) is 3.06. The molecule has 1 aliphatic heterocycles. The van der Waals surface area contributed by atoms with Gasteiger partial charge in [0.1, 0.15) is 0 Å². The lowest BCUT2D eigenvalue weighted by Crippen LogP contribution is -2.57. The lowest BCUT2D eigenvalue weighted by molar-refractivity contribution is 0.0595. The maximum Gasteiger partial charge on any atom is 0.275 e. The van der Waals surface area contributed by atoms with Crippen molar-refractivity contribution in [1.82, 2.24) is 20.0 Å². The number of carbonyl (C=O) groups is 1. The van der Waals surface area contributed by atoms with E-state index < -0.39 is 0 Å². The molecule has 1 aliphatic carbocycles. The number of fused-ring (bicyclic) bond motifs is 1. The van der Waals surface area contributed by atoms with Crippen molar-refractivity contribution in [2.75, 3.05) is 13.1 Å². The Morgan fingerprint density at radius 3 is 2.77 bits per heavy atom. The first-order valence-electron chi connectivity index (χ1n) is 9.29. The highest BCUT2D eigenvalue weighted by molar-refractivity contribution is 5.94. The van der Waals surface area contributed by atoms with Crippen molar-refractivity contribution in [3.8, 4) is 5.69 Å². The van der Waals surface area contributed by atoms with Gasteiger partial charge in [0.25, 0.3) is 5.91 Å². The number of nitrogens with one attached hydrogen (secondary N) is 1. The number of nitrogens with zero attached hydrogens (tertiary/aromatic N) is 3. The molecule has 26 heavy (non-hydrogen) atoms. The second kappa shape index (κ2) is 7.41. The van der Waals surface area contributed by atoms with Crippen LogP contribution in [0.15, 0.2) is 24.3 Å². The quantitative estimate of drug-likeness (QED) is 0.879. The molecule has 1 saturated heterocycles. The van der Waals surface area contributed by atoms with Gasteiger partial charge in [-0.15, -0.1) is 12.4 Å². The molecule has 0 saturated carbocycles. The highest BCUT2D eigenvalue weighted by atomic mass is 35.5. The largest absolute Gasteiger partial charge is 0.332 e. The fourth-order valence-corrected chi connectivity index (χ4v) is 4.09. The molecular formula is C20H27ClN4O. The molecule has 1 amide bonds.